The van der Waals surface area contributed by atoms with Gasteiger partial charge in [-0.2, -0.15) is 0 Å². The van der Waals surface area contributed by atoms with Gasteiger partial charge in [0.2, 0.25) is 0 Å². The van der Waals surface area contributed by atoms with Crippen LogP contribution in [0.1, 0.15) is 42.0 Å². The molecule has 25 heavy (non-hydrogen) atoms. The van der Waals surface area contributed by atoms with E-state index in [-0.39, 0.29) is 11.9 Å². The molecule has 1 heterocycles. The molecule has 0 radical (unpaired) electrons. The number of carbonyl (C=O) groups is 1. The first-order valence-corrected chi connectivity index (χ1v) is 8.88. The fraction of sp³-hybridized carbons (Fsp3) is 0.333. The molecule has 1 atom stereocenters. The standard InChI is InChI=1S/C21H25N3O/c1-4-20-23-18-14-17(12-13-19(18)24(20)3)21(25)22-15(2)10-11-16-8-6-5-7-9-16/h5-9,12-15H,4,10-11H2,1-3H3,(H,22,25). The Morgan fingerprint density at radius 2 is 1.96 bits per heavy atom. The number of nitrogens with zero attached hydrogens (tertiary/aromatic N) is 2. The molecular weight excluding hydrogens is 310 g/mol. The van der Waals surface area contributed by atoms with E-state index in [1.165, 1.54) is 5.56 Å². The van der Waals surface area contributed by atoms with Gasteiger partial charge in [-0.25, -0.2) is 4.98 Å². The summed E-state index contributed by atoms with van der Waals surface area (Å²) in [5.74, 6) is 0.995. The number of imidazole rings is 1. The van der Waals surface area contributed by atoms with E-state index in [0.717, 1.165) is 36.1 Å². The number of fused-ring (bicyclic) bond motifs is 1. The molecule has 3 aromatic rings. The topological polar surface area (TPSA) is 46.9 Å². The van der Waals surface area contributed by atoms with Crippen LogP contribution in [0, 0.1) is 0 Å². The van der Waals surface area contributed by atoms with Gasteiger partial charge in [0, 0.05) is 25.1 Å². The number of carbonyl (C=O) groups excluding carboxylic acids is 1. The van der Waals surface area contributed by atoms with Gasteiger partial charge in [-0.15, -0.1) is 0 Å². The largest absolute Gasteiger partial charge is 0.350 e. The highest BCUT2D eigenvalue weighted by Gasteiger charge is 2.13. The molecule has 1 aromatic heterocycles. The van der Waals surface area contributed by atoms with Gasteiger partial charge in [-0.3, -0.25) is 4.79 Å². The van der Waals surface area contributed by atoms with Crippen molar-refractivity contribution in [3.63, 3.8) is 0 Å². The van der Waals surface area contributed by atoms with E-state index in [1.807, 2.05) is 43.4 Å². The normalized spacial score (nSPS) is 12.3. The van der Waals surface area contributed by atoms with Gasteiger partial charge in [0.05, 0.1) is 11.0 Å². The van der Waals surface area contributed by atoms with Crippen LogP contribution in [0.25, 0.3) is 11.0 Å². The molecule has 130 valence electrons. The maximum absolute atomic E-state index is 12.5. The number of hydrogen-bond acceptors (Lipinski definition) is 2. The van der Waals surface area contributed by atoms with E-state index in [4.69, 9.17) is 0 Å². The smallest absolute Gasteiger partial charge is 0.251 e. The fourth-order valence-corrected chi connectivity index (χ4v) is 3.11. The van der Waals surface area contributed by atoms with Crippen molar-refractivity contribution in [2.24, 2.45) is 7.05 Å². The van der Waals surface area contributed by atoms with Crippen LogP contribution < -0.4 is 5.32 Å². The van der Waals surface area contributed by atoms with Crippen LogP contribution >= 0.6 is 0 Å². The number of nitrogens with one attached hydrogen (secondary N) is 1. The molecule has 1 unspecified atom stereocenters. The fourth-order valence-electron chi connectivity index (χ4n) is 3.11. The summed E-state index contributed by atoms with van der Waals surface area (Å²) >= 11 is 0. The Morgan fingerprint density at radius 1 is 1.20 bits per heavy atom. The first-order valence-electron chi connectivity index (χ1n) is 8.88. The molecule has 0 aliphatic carbocycles. The highest BCUT2D eigenvalue weighted by Crippen LogP contribution is 2.17. The summed E-state index contributed by atoms with van der Waals surface area (Å²) in [6.45, 7) is 4.14. The molecule has 0 spiro atoms. The first-order chi connectivity index (χ1) is 12.1. The summed E-state index contributed by atoms with van der Waals surface area (Å²) in [5.41, 5.74) is 3.90. The van der Waals surface area contributed by atoms with Crippen LogP contribution in [0.5, 0.6) is 0 Å². The molecule has 2 aromatic carbocycles. The third-order valence-electron chi connectivity index (χ3n) is 4.64. The molecule has 1 N–H and O–H groups in total. The zero-order valence-corrected chi connectivity index (χ0v) is 15.1. The number of rotatable bonds is 6. The van der Waals surface area contributed by atoms with Gasteiger partial charge < -0.3 is 9.88 Å². The predicted molar refractivity (Wildman–Crippen MR) is 102 cm³/mol. The van der Waals surface area contributed by atoms with Gasteiger partial charge in [0.15, 0.2) is 0 Å². The zero-order chi connectivity index (χ0) is 17.8. The maximum atomic E-state index is 12.5. The Hall–Kier alpha value is -2.62. The van der Waals surface area contributed by atoms with Crippen molar-refractivity contribution in [2.75, 3.05) is 0 Å². The Kier molecular flexibility index (Phi) is 5.17. The molecule has 4 heteroatoms. The third-order valence-corrected chi connectivity index (χ3v) is 4.64. The zero-order valence-electron chi connectivity index (χ0n) is 15.1. The van der Waals surface area contributed by atoms with E-state index in [1.54, 1.807) is 0 Å². The lowest BCUT2D eigenvalue weighted by atomic mass is 10.1. The Balaban J connectivity index is 1.65. The third kappa shape index (κ3) is 3.90. The average molecular weight is 335 g/mol. The first kappa shape index (κ1) is 17.2. The van der Waals surface area contributed by atoms with Crippen molar-refractivity contribution in [3.8, 4) is 0 Å². The van der Waals surface area contributed by atoms with E-state index in [0.29, 0.717) is 5.56 Å². The number of aromatic nitrogens is 2. The summed E-state index contributed by atoms with van der Waals surface area (Å²) in [6.07, 6.45) is 2.76. The van der Waals surface area contributed by atoms with Crippen LogP contribution in [0.3, 0.4) is 0 Å². The van der Waals surface area contributed by atoms with Gasteiger partial charge in [-0.1, -0.05) is 37.3 Å². The number of aryl methyl sites for hydroxylation is 3. The monoisotopic (exact) mass is 335 g/mol. The minimum Gasteiger partial charge on any atom is -0.350 e. The average Bonchev–Trinajstić information content (AvgIpc) is 2.96. The molecule has 4 nitrogen and oxygen atoms in total. The Labute approximate surface area is 148 Å². The molecule has 0 bridgehead atoms. The quantitative estimate of drug-likeness (QED) is 0.743. The van der Waals surface area contributed by atoms with E-state index < -0.39 is 0 Å². The SMILES string of the molecule is CCc1nc2cc(C(=O)NC(C)CCc3ccccc3)ccc2n1C. The lowest BCUT2D eigenvalue weighted by Crippen LogP contribution is -2.32. The van der Waals surface area contributed by atoms with E-state index >= 15 is 0 Å². The predicted octanol–water partition coefficient (Wildman–Crippen LogP) is 3.89. The summed E-state index contributed by atoms with van der Waals surface area (Å²) in [7, 11) is 2.01. The maximum Gasteiger partial charge on any atom is 0.251 e. The van der Waals surface area contributed by atoms with Gasteiger partial charge in [0.1, 0.15) is 5.82 Å². The number of benzene rings is 2. The second-order valence-electron chi connectivity index (χ2n) is 6.54. The summed E-state index contributed by atoms with van der Waals surface area (Å²) in [4.78, 5) is 17.1. The van der Waals surface area contributed by atoms with Crippen molar-refractivity contribution in [3.05, 3.63) is 65.5 Å². The molecule has 0 saturated heterocycles. The van der Waals surface area contributed by atoms with Crippen LogP contribution in [0.4, 0.5) is 0 Å². The van der Waals surface area contributed by atoms with Crippen molar-refractivity contribution < 1.29 is 4.79 Å². The van der Waals surface area contributed by atoms with E-state index in [2.05, 4.69) is 40.8 Å². The molecular formula is C21H25N3O. The molecule has 0 aliphatic heterocycles. The second-order valence-corrected chi connectivity index (χ2v) is 6.54. The molecule has 1 amide bonds. The van der Waals surface area contributed by atoms with Crippen molar-refractivity contribution in [1.82, 2.24) is 14.9 Å². The van der Waals surface area contributed by atoms with Gasteiger partial charge >= 0.3 is 0 Å². The van der Waals surface area contributed by atoms with Crippen molar-refractivity contribution >= 4 is 16.9 Å². The molecule has 0 fully saturated rings. The van der Waals surface area contributed by atoms with Crippen LogP contribution in [0.15, 0.2) is 48.5 Å². The minimum absolute atomic E-state index is 0.0360. The molecule has 3 rings (SSSR count). The number of hydrogen-bond donors (Lipinski definition) is 1. The Bertz CT molecular complexity index is 867. The van der Waals surface area contributed by atoms with Gasteiger partial charge in [-0.05, 0) is 43.5 Å². The lowest BCUT2D eigenvalue weighted by Gasteiger charge is -2.14. The second kappa shape index (κ2) is 7.51. The summed E-state index contributed by atoms with van der Waals surface area (Å²) < 4.78 is 2.08. The van der Waals surface area contributed by atoms with Crippen molar-refractivity contribution in [2.45, 2.75) is 39.2 Å². The highest BCUT2D eigenvalue weighted by molar-refractivity contribution is 5.97. The molecule has 0 aliphatic rings. The van der Waals surface area contributed by atoms with Crippen LogP contribution in [0.2, 0.25) is 0 Å². The summed E-state index contributed by atoms with van der Waals surface area (Å²) in [6, 6.07) is 16.2. The lowest BCUT2D eigenvalue weighted by molar-refractivity contribution is 0.0938. The Morgan fingerprint density at radius 3 is 2.68 bits per heavy atom. The minimum atomic E-state index is -0.0360. The van der Waals surface area contributed by atoms with Gasteiger partial charge in [0.25, 0.3) is 5.91 Å². The van der Waals surface area contributed by atoms with Crippen LogP contribution in [-0.2, 0) is 19.9 Å². The summed E-state index contributed by atoms with van der Waals surface area (Å²) in [5, 5.41) is 3.09. The number of amides is 1. The molecule has 0 saturated carbocycles. The van der Waals surface area contributed by atoms with Crippen molar-refractivity contribution in [1.29, 1.82) is 0 Å². The van der Waals surface area contributed by atoms with E-state index in [9.17, 15) is 4.79 Å². The highest BCUT2D eigenvalue weighted by atomic mass is 16.1. The van der Waals surface area contributed by atoms with Crippen LogP contribution in [-0.4, -0.2) is 21.5 Å².